The number of amides is 1. The van der Waals surface area contributed by atoms with Gasteiger partial charge in [-0.1, -0.05) is 18.2 Å². The quantitative estimate of drug-likeness (QED) is 0.686. The number of fused-ring (bicyclic) bond motifs is 2. The predicted octanol–water partition coefficient (Wildman–Crippen LogP) is 1.86. The number of sulfonamides is 1. The highest BCUT2D eigenvalue weighted by Gasteiger charge is 2.41. The molecule has 2 fully saturated rings. The average Bonchev–Trinajstić information content (AvgIpc) is 2.91. The van der Waals surface area contributed by atoms with Crippen molar-refractivity contribution in [1.29, 1.82) is 0 Å². The Morgan fingerprint density at radius 1 is 1.26 bits per heavy atom. The fourth-order valence-corrected chi connectivity index (χ4v) is 5.56. The first-order valence-corrected chi connectivity index (χ1v) is 12.0. The van der Waals surface area contributed by atoms with Gasteiger partial charge in [0.2, 0.25) is 15.9 Å². The van der Waals surface area contributed by atoms with Crippen LogP contribution in [0, 0.1) is 0 Å². The second kappa shape index (κ2) is 10.1. The first-order valence-electron chi connectivity index (χ1n) is 9.12. The van der Waals surface area contributed by atoms with Gasteiger partial charge >= 0.3 is 0 Å². The molecule has 3 unspecified atom stereocenters. The van der Waals surface area contributed by atoms with Crippen LogP contribution in [0.4, 0.5) is 0 Å². The summed E-state index contributed by atoms with van der Waals surface area (Å²) in [6.07, 6.45) is 5.40. The minimum absolute atomic E-state index is 0. The van der Waals surface area contributed by atoms with Crippen molar-refractivity contribution in [3.05, 3.63) is 30.3 Å². The van der Waals surface area contributed by atoms with E-state index in [1.54, 1.807) is 42.1 Å². The third-order valence-corrected chi connectivity index (χ3v) is 7.30. The monoisotopic (exact) mass is 433 g/mol. The van der Waals surface area contributed by atoms with E-state index in [0.717, 1.165) is 38.1 Å². The second-order valence-electron chi connectivity index (χ2n) is 6.89. The Bertz CT molecular complexity index is 704. The fourth-order valence-electron chi connectivity index (χ4n) is 3.85. The Kier molecular flexibility index (Phi) is 8.42. The lowest BCUT2D eigenvalue weighted by Gasteiger charge is -2.32. The van der Waals surface area contributed by atoms with Gasteiger partial charge < -0.3 is 10.2 Å². The molecule has 2 aliphatic heterocycles. The number of hydrogen-bond acceptors (Lipinski definition) is 5. The Labute approximate surface area is 172 Å². The van der Waals surface area contributed by atoms with Crippen LogP contribution in [0.15, 0.2) is 35.2 Å². The Morgan fingerprint density at radius 3 is 2.67 bits per heavy atom. The zero-order valence-corrected chi connectivity index (χ0v) is 17.9. The SMILES string of the molecule is CSCCC(NS(=O)(=O)c1ccccc1)C(=O)N1C2CCNCC1CC2.Cl. The van der Waals surface area contributed by atoms with Crippen LogP contribution < -0.4 is 10.0 Å². The molecule has 2 heterocycles. The normalized spacial score (nSPS) is 23.4. The van der Waals surface area contributed by atoms with Crippen molar-refractivity contribution in [2.75, 3.05) is 25.1 Å². The summed E-state index contributed by atoms with van der Waals surface area (Å²) in [5.41, 5.74) is 0. The molecule has 0 saturated carbocycles. The van der Waals surface area contributed by atoms with Crippen LogP contribution in [0.25, 0.3) is 0 Å². The van der Waals surface area contributed by atoms with Crippen LogP contribution in [0.3, 0.4) is 0 Å². The molecule has 0 spiro atoms. The largest absolute Gasteiger partial charge is 0.334 e. The number of benzene rings is 1. The van der Waals surface area contributed by atoms with Crippen molar-refractivity contribution < 1.29 is 13.2 Å². The summed E-state index contributed by atoms with van der Waals surface area (Å²) in [7, 11) is -3.72. The summed E-state index contributed by atoms with van der Waals surface area (Å²) < 4.78 is 28.2. The lowest BCUT2D eigenvalue weighted by atomic mass is 10.1. The third kappa shape index (κ3) is 5.38. The molecular weight excluding hydrogens is 406 g/mol. The number of nitrogens with one attached hydrogen (secondary N) is 2. The molecule has 6 nitrogen and oxygen atoms in total. The number of carbonyl (C=O) groups is 1. The number of halogens is 1. The first-order chi connectivity index (χ1) is 12.5. The van der Waals surface area contributed by atoms with Gasteiger partial charge in [-0.15, -0.1) is 12.4 Å². The van der Waals surface area contributed by atoms with E-state index in [9.17, 15) is 13.2 Å². The lowest BCUT2D eigenvalue weighted by molar-refractivity contribution is -0.135. The van der Waals surface area contributed by atoms with Gasteiger partial charge in [-0.25, -0.2) is 8.42 Å². The maximum atomic E-state index is 13.3. The number of rotatable bonds is 7. The van der Waals surface area contributed by atoms with Crippen LogP contribution in [-0.4, -0.2) is 62.4 Å². The highest BCUT2D eigenvalue weighted by atomic mass is 35.5. The van der Waals surface area contributed by atoms with E-state index in [4.69, 9.17) is 0 Å². The smallest absolute Gasteiger partial charge is 0.241 e. The van der Waals surface area contributed by atoms with Crippen molar-refractivity contribution in [2.45, 2.75) is 48.7 Å². The molecule has 1 aromatic rings. The molecule has 3 atom stereocenters. The summed E-state index contributed by atoms with van der Waals surface area (Å²) in [5, 5.41) is 3.38. The second-order valence-corrected chi connectivity index (χ2v) is 9.59. The zero-order valence-electron chi connectivity index (χ0n) is 15.5. The number of carbonyl (C=O) groups excluding carboxylic acids is 1. The Morgan fingerprint density at radius 2 is 1.96 bits per heavy atom. The topological polar surface area (TPSA) is 78.5 Å². The fraction of sp³-hybridized carbons (Fsp3) is 0.611. The summed E-state index contributed by atoms with van der Waals surface area (Å²) >= 11 is 1.62. The molecule has 9 heteroatoms. The molecule has 1 aromatic carbocycles. The molecule has 0 radical (unpaired) electrons. The van der Waals surface area contributed by atoms with Gasteiger partial charge in [0.25, 0.3) is 0 Å². The van der Waals surface area contributed by atoms with Crippen LogP contribution >= 0.6 is 24.2 Å². The molecule has 2 aliphatic rings. The molecule has 2 N–H and O–H groups in total. The summed E-state index contributed by atoms with van der Waals surface area (Å²) in [6, 6.07) is 7.94. The summed E-state index contributed by atoms with van der Waals surface area (Å²) in [4.78, 5) is 15.4. The van der Waals surface area contributed by atoms with E-state index in [1.807, 2.05) is 11.2 Å². The molecule has 3 rings (SSSR count). The van der Waals surface area contributed by atoms with E-state index in [-0.39, 0.29) is 35.3 Å². The Hall–Kier alpha value is -0.800. The van der Waals surface area contributed by atoms with Gasteiger partial charge in [0.1, 0.15) is 6.04 Å². The molecule has 2 bridgehead atoms. The zero-order chi connectivity index (χ0) is 18.6. The number of nitrogens with zero attached hydrogens (tertiary/aromatic N) is 1. The van der Waals surface area contributed by atoms with Gasteiger partial charge in [-0.3, -0.25) is 4.79 Å². The summed E-state index contributed by atoms with van der Waals surface area (Å²) in [6.45, 7) is 1.71. The van der Waals surface area contributed by atoms with Gasteiger partial charge in [0, 0.05) is 18.6 Å². The molecule has 0 aromatic heterocycles. The summed E-state index contributed by atoms with van der Waals surface area (Å²) in [5.74, 6) is 0.657. The number of hydrogen-bond donors (Lipinski definition) is 2. The molecule has 152 valence electrons. The maximum Gasteiger partial charge on any atom is 0.241 e. The molecule has 2 saturated heterocycles. The molecule has 0 aliphatic carbocycles. The molecule has 1 amide bonds. The van der Waals surface area contributed by atoms with E-state index >= 15 is 0 Å². The molecule has 27 heavy (non-hydrogen) atoms. The highest BCUT2D eigenvalue weighted by molar-refractivity contribution is 7.98. The highest BCUT2D eigenvalue weighted by Crippen LogP contribution is 2.29. The average molecular weight is 434 g/mol. The van der Waals surface area contributed by atoms with E-state index in [1.165, 1.54) is 0 Å². The van der Waals surface area contributed by atoms with E-state index < -0.39 is 16.1 Å². The minimum atomic E-state index is -3.72. The van der Waals surface area contributed by atoms with Crippen LogP contribution in [-0.2, 0) is 14.8 Å². The van der Waals surface area contributed by atoms with E-state index in [2.05, 4.69) is 10.0 Å². The minimum Gasteiger partial charge on any atom is -0.334 e. The van der Waals surface area contributed by atoms with Crippen molar-refractivity contribution in [3.63, 3.8) is 0 Å². The Balaban J connectivity index is 0.00000261. The van der Waals surface area contributed by atoms with Gasteiger partial charge in [0.15, 0.2) is 0 Å². The lowest BCUT2D eigenvalue weighted by Crippen LogP contribution is -2.53. The van der Waals surface area contributed by atoms with Gasteiger partial charge in [0.05, 0.1) is 4.90 Å². The number of thioether (sulfide) groups is 1. The van der Waals surface area contributed by atoms with Crippen molar-refractivity contribution in [3.8, 4) is 0 Å². The van der Waals surface area contributed by atoms with Gasteiger partial charge in [-0.05, 0) is 56.4 Å². The van der Waals surface area contributed by atoms with Crippen LogP contribution in [0.1, 0.15) is 25.7 Å². The molecular formula is C18H28ClN3O3S2. The van der Waals surface area contributed by atoms with Crippen LogP contribution in [0.5, 0.6) is 0 Å². The standard InChI is InChI=1S/C18H27N3O3S2.ClH/c1-25-12-10-17(20-26(23,24)16-5-3-2-4-6-16)18(22)21-14-7-8-15(21)13-19-11-9-14;/h2-6,14-15,17,19-20H,7-13H2,1H3;1H. The van der Waals surface area contributed by atoms with Crippen LogP contribution in [0.2, 0.25) is 0 Å². The third-order valence-electron chi connectivity index (χ3n) is 5.17. The van der Waals surface area contributed by atoms with Crippen molar-refractivity contribution in [1.82, 2.24) is 14.9 Å². The predicted molar refractivity (Wildman–Crippen MR) is 112 cm³/mol. The van der Waals surface area contributed by atoms with Crippen molar-refractivity contribution in [2.24, 2.45) is 0 Å². The van der Waals surface area contributed by atoms with Gasteiger partial charge in [-0.2, -0.15) is 16.5 Å². The maximum absolute atomic E-state index is 13.3. The van der Waals surface area contributed by atoms with Crippen molar-refractivity contribution >= 4 is 40.1 Å². The van der Waals surface area contributed by atoms with E-state index in [0.29, 0.717) is 6.42 Å². The first kappa shape index (κ1) is 22.5.